The fraction of sp³-hybridized carbons (Fsp3) is 0.875. The predicted octanol–water partition coefficient (Wildman–Crippen LogP) is -0.543. The van der Waals surface area contributed by atoms with E-state index in [0.29, 0.717) is 25.7 Å². The Morgan fingerprint density at radius 1 is 1.25 bits per heavy atom. The Balaban J connectivity index is 0.000000120. The van der Waals surface area contributed by atoms with Crippen molar-refractivity contribution in [1.29, 1.82) is 0 Å². The van der Waals surface area contributed by atoms with Crippen molar-refractivity contribution in [2.75, 3.05) is 33.0 Å². The maximum absolute atomic E-state index is 9.71. The van der Waals surface area contributed by atoms with Crippen LogP contribution >= 0.6 is 0 Å². The Labute approximate surface area is 71.5 Å². The summed E-state index contributed by atoms with van der Waals surface area (Å²) in [5.41, 5.74) is 0. The third-order valence-electron chi connectivity index (χ3n) is 1.82. The van der Waals surface area contributed by atoms with Crippen LogP contribution in [0.3, 0.4) is 0 Å². The fourth-order valence-corrected chi connectivity index (χ4v) is 0.722. The van der Waals surface area contributed by atoms with Crippen LogP contribution in [0.5, 0.6) is 0 Å². The van der Waals surface area contributed by atoms with Crippen LogP contribution in [-0.4, -0.2) is 44.4 Å². The molecule has 0 unspecified atom stereocenters. The van der Waals surface area contributed by atoms with Crippen LogP contribution in [0, 0.1) is 11.8 Å². The minimum Gasteiger partial charge on any atom is -0.396 e. The van der Waals surface area contributed by atoms with Crippen molar-refractivity contribution in [3.8, 4) is 0 Å². The second-order valence-electron chi connectivity index (χ2n) is 3.02. The molecule has 4 heteroatoms. The molecule has 0 amide bonds. The zero-order valence-electron chi connectivity index (χ0n) is 6.94. The van der Waals surface area contributed by atoms with Gasteiger partial charge in [0.1, 0.15) is 6.29 Å². The third-order valence-corrected chi connectivity index (χ3v) is 1.82. The summed E-state index contributed by atoms with van der Waals surface area (Å²) in [6.45, 7) is 3.10. The summed E-state index contributed by atoms with van der Waals surface area (Å²) in [6.07, 6.45) is 0.934. The summed E-state index contributed by atoms with van der Waals surface area (Å²) in [4.78, 5) is 9.71. The molecule has 2 rings (SSSR count). The van der Waals surface area contributed by atoms with Gasteiger partial charge in [-0.25, -0.2) is 0 Å². The zero-order valence-corrected chi connectivity index (χ0v) is 6.94. The van der Waals surface area contributed by atoms with Gasteiger partial charge in [-0.15, -0.1) is 0 Å². The quantitative estimate of drug-likeness (QED) is 0.571. The molecule has 12 heavy (non-hydrogen) atoms. The van der Waals surface area contributed by atoms with Crippen LogP contribution in [0.1, 0.15) is 0 Å². The Morgan fingerprint density at radius 2 is 1.83 bits per heavy atom. The molecule has 1 N–H and O–H groups in total. The van der Waals surface area contributed by atoms with Gasteiger partial charge < -0.3 is 19.4 Å². The van der Waals surface area contributed by atoms with E-state index >= 15 is 0 Å². The number of rotatable bonds is 2. The number of hydrogen-bond donors (Lipinski definition) is 1. The van der Waals surface area contributed by atoms with Gasteiger partial charge in [0.15, 0.2) is 0 Å². The van der Waals surface area contributed by atoms with Crippen molar-refractivity contribution in [3.05, 3.63) is 0 Å². The fourth-order valence-electron chi connectivity index (χ4n) is 0.722. The predicted molar refractivity (Wildman–Crippen MR) is 41.8 cm³/mol. The molecule has 2 fully saturated rings. The van der Waals surface area contributed by atoms with Crippen molar-refractivity contribution < 1.29 is 19.4 Å². The van der Waals surface area contributed by atoms with Crippen molar-refractivity contribution >= 4 is 6.29 Å². The lowest BCUT2D eigenvalue weighted by Gasteiger charge is -2.22. The second-order valence-corrected chi connectivity index (χ2v) is 3.02. The van der Waals surface area contributed by atoms with Crippen LogP contribution in [0.4, 0.5) is 0 Å². The highest BCUT2D eigenvalue weighted by molar-refractivity contribution is 5.54. The first-order valence-corrected chi connectivity index (χ1v) is 4.08. The van der Waals surface area contributed by atoms with E-state index in [2.05, 4.69) is 0 Å². The zero-order chi connectivity index (χ0) is 8.81. The number of aliphatic hydroxyl groups excluding tert-OH is 1. The van der Waals surface area contributed by atoms with Gasteiger partial charge in [0, 0.05) is 5.92 Å². The first kappa shape index (κ1) is 9.64. The van der Waals surface area contributed by atoms with Crippen LogP contribution in [0.15, 0.2) is 0 Å². The third kappa shape index (κ3) is 2.89. The molecule has 0 saturated carbocycles. The summed E-state index contributed by atoms with van der Waals surface area (Å²) in [5.74, 6) is 0.662. The first-order chi connectivity index (χ1) is 5.86. The van der Waals surface area contributed by atoms with Crippen molar-refractivity contribution in [1.82, 2.24) is 0 Å². The summed E-state index contributed by atoms with van der Waals surface area (Å²) in [5, 5.41) is 8.31. The van der Waals surface area contributed by atoms with Gasteiger partial charge in [-0.05, 0) is 0 Å². The Bertz CT molecular complexity index is 126. The van der Waals surface area contributed by atoms with E-state index in [1.54, 1.807) is 0 Å². The summed E-state index contributed by atoms with van der Waals surface area (Å²) in [6, 6.07) is 0. The number of ether oxygens (including phenoxy) is 2. The molecule has 0 aromatic rings. The molecule has 70 valence electrons. The molecule has 0 aliphatic carbocycles. The lowest BCUT2D eigenvalue weighted by molar-refractivity contribution is -0.123. The SMILES string of the molecule is O=CC1COC1.OCC1COC1. The smallest absolute Gasteiger partial charge is 0.127 e. The molecule has 2 aliphatic heterocycles. The van der Waals surface area contributed by atoms with E-state index in [1.165, 1.54) is 0 Å². The van der Waals surface area contributed by atoms with Gasteiger partial charge in [-0.1, -0.05) is 0 Å². The lowest BCUT2D eigenvalue weighted by Crippen LogP contribution is -2.30. The molecule has 0 radical (unpaired) electrons. The van der Waals surface area contributed by atoms with Gasteiger partial charge in [0.25, 0.3) is 0 Å². The summed E-state index contributed by atoms with van der Waals surface area (Å²) in [7, 11) is 0. The maximum Gasteiger partial charge on any atom is 0.127 e. The highest BCUT2D eigenvalue weighted by atomic mass is 16.5. The monoisotopic (exact) mass is 174 g/mol. The first-order valence-electron chi connectivity index (χ1n) is 4.08. The number of hydrogen-bond acceptors (Lipinski definition) is 4. The van der Waals surface area contributed by atoms with E-state index in [0.717, 1.165) is 19.5 Å². The maximum atomic E-state index is 9.71. The minimum absolute atomic E-state index is 0.213. The molecular formula is C8H14O4. The number of aliphatic hydroxyl groups is 1. The lowest BCUT2D eigenvalue weighted by atomic mass is 10.1. The van der Waals surface area contributed by atoms with Gasteiger partial charge in [0.05, 0.1) is 39.0 Å². The van der Waals surface area contributed by atoms with Crippen LogP contribution in [-0.2, 0) is 14.3 Å². The largest absolute Gasteiger partial charge is 0.396 e. The number of carbonyl (C=O) groups is 1. The molecule has 0 spiro atoms. The van der Waals surface area contributed by atoms with E-state index < -0.39 is 0 Å². The van der Waals surface area contributed by atoms with E-state index in [4.69, 9.17) is 14.6 Å². The van der Waals surface area contributed by atoms with Crippen LogP contribution in [0.25, 0.3) is 0 Å². The number of aldehydes is 1. The van der Waals surface area contributed by atoms with Crippen molar-refractivity contribution in [3.63, 3.8) is 0 Å². The minimum atomic E-state index is 0.213. The normalized spacial score (nSPS) is 23.1. The standard InChI is InChI=1S/C4H8O2.C4H6O2/c2*5-1-4-2-6-3-4/h4-5H,1-3H2;1,4H,2-3H2. The topological polar surface area (TPSA) is 55.8 Å². The molecule has 0 bridgehead atoms. The molecule has 4 nitrogen and oxygen atoms in total. The Morgan fingerprint density at radius 3 is 1.83 bits per heavy atom. The Kier molecular flexibility index (Phi) is 4.21. The molecule has 0 aromatic heterocycles. The average molecular weight is 174 g/mol. The van der Waals surface area contributed by atoms with Gasteiger partial charge in [-0.2, -0.15) is 0 Å². The van der Waals surface area contributed by atoms with E-state index in [1.807, 2.05) is 0 Å². The van der Waals surface area contributed by atoms with Crippen LogP contribution in [0.2, 0.25) is 0 Å². The molecule has 0 atom stereocenters. The average Bonchev–Trinajstić information content (AvgIpc) is 1.83. The molecule has 0 aromatic carbocycles. The van der Waals surface area contributed by atoms with Crippen LogP contribution < -0.4 is 0 Å². The highest BCUT2D eigenvalue weighted by Gasteiger charge is 2.16. The van der Waals surface area contributed by atoms with Crippen molar-refractivity contribution in [2.24, 2.45) is 11.8 Å². The molecule has 2 aliphatic rings. The number of carbonyl (C=O) groups excluding carboxylic acids is 1. The van der Waals surface area contributed by atoms with E-state index in [9.17, 15) is 4.79 Å². The highest BCUT2D eigenvalue weighted by Crippen LogP contribution is 2.06. The second kappa shape index (κ2) is 5.24. The van der Waals surface area contributed by atoms with Gasteiger partial charge >= 0.3 is 0 Å². The Hall–Kier alpha value is -0.450. The molecular weight excluding hydrogens is 160 g/mol. The summed E-state index contributed by atoms with van der Waals surface area (Å²) < 4.78 is 9.46. The van der Waals surface area contributed by atoms with Crippen molar-refractivity contribution in [2.45, 2.75) is 0 Å². The van der Waals surface area contributed by atoms with Gasteiger partial charge in [0.2, 0.25) is 0 Å². The van der Waals surface area contributed by atoms with Gasteiger partial charge in [-0.3, -0.25) is 0 Å². The van der Waals surface area contributed by atoms with E-state index in [-0.39, 0.29) is 5.92 Å². The summed E-state index contributed by atoms with van der Waals surface area (Å²) >= 11 is 0. The molecule has 2 heterocycles. The molecule has 2 saturated heterocycles.